The van der Waals surface area contributed by atoms with Gasteiger partial charge in [-0.1, -0.05) is 0 Å². The van der Waals surface area contributed by atoms with Crippen LogP contribution in [-0.2, 0) is 17.1 Å². The zero-order valence-electron chi connectivity index (χ0n) is 9.16. The maximum atomic E-state index is 11.9. The first-order valence-electron chi connectivity index (χ1n) is 4.84. The number of rotatable bonds is 3. The monoisotopic (exact) mass is 252 g/mol. The number of anilines is 2. The van der Waals surface area contributed by atoms with Crippen molar-refractivity contribution in [3.63, 3.8) is 0 Å². The number of hydrogen-bond donors (Lipinski definition) is 2. The highest BCUT2D eigenvalue weighted by Gasteiger charge is 2.14. The summed E-state index contributed by atoms with van der Waals surface area (Å²) < 4.78 is 27.8. The first-order chi connectivity index (χ1) is 7.97. The Balaban J connectivity index is 2.28. The van der Waals surface area contributed by atoms with E-state index < -0.39 is 10.0 Å². The van der Waals surface area contributed by atoms with Gasteiger partial charge in [0.1, 0.15) is 0 Å². The number of nitrogens with one attached hydrogen (secondary N) is 1. The molecule has 0 unspecified atom stereocenters. The minimum atomic E-state index is -3.58. The number of aryl methyl sites for hydroxylation is 1. The van der Waals surface area contributed by atoms with E-state index in [1.54, 1.807) is 13.2 Å². The largest absolute Gasteiger partial charge is 0.399 e. The summed E-state index contributed by atoms with van der Waals surface area (Å²) in [5.41, 5.74) is 6.44. The number of nitrogen functional groups attached to an aromatic ring is 1. The van der Waals surface area contributed by atoms with E-state index in [4.69, 9.17) is 5.73 Å². The van der Waals surface area contributed by atoms with Crippen LogP contribution in [0.15, 0.2) is 41.6 Å². The SMILES string of the molecule is Cn1cc(NS(=O)(=O)c2ccc(N)cc2)cn1. The van der Waals surface area contributed by atoms with E-state index in [2.05, 4.69) is 9.82 Å². The number of nitrogens with zero attached hydrogens (tertiary/aromatic N) is 2. The molecule has 2 aromatic rings. The highest BCUT2D eigenvalue weighted by molar-refractivity contribution is 7.92. The molecule has 90 valence electrons. The van der Waals surface area contributed by atoms with E-state index in [9.17, 15) is 8.42 Å². The fourth-order valence-corrected chi connectivity index (χ4v) is 2.36. The summed E-state index contributed by atoms with van der Waals surface area (Å²) in [6, 6.07) is 5.98. The molecular formula is C10H12N4O2S. The zero-order chi connectivity index (χ0) is 12.5. The molecule has 0 aliphatic carbocycles. The number of aromatic nitrogens is 2. The first kappa shape index (κ1) is 11.5. The van der Waals surface area contributed by atoms with Crippen molar-refractivity contribution in [2.45, 2.75) is 4.90 Å². The summed E-state index contributed by atoms with van der Waals surface area (Å²) in [7, 11) is -1.87. The van der Waals surface area contributed by atoms with Crippen LogP contribution in [0.25, 0.3) is 0 Å². The van der Waals surface area contributed by atoms with E-state index in [-0.39, 0.29) is 4.90 Å². The Labute approximate surface area is 99.1 Å². The van der Waals surface area contributed by atoms with Gasteiger partial charge in [-0.15, -0.1) is 0 Å². The lowest BCUT2D eigenvalue weighted by Crippen LogP contribution is -2.12. The van der Waals surface area contributed by atoms with Crippen LogP contribution in [0.1, 0.15) is 0 Å². The quantitative estimate of drug-likeness (QED) is 0.791. The summed E-state index contributed by atoms with van der Waals surface area (Å²) in [6.07, 6.45) is 3.02. The van der Waals surface area contributed by atoms with E-state index in [1.165, 1.54) is 35.1 Å². The van der Waals surface area contributed by atoms with Gasteiger partial charge in [0.15, 0.2) is 0 Å². The molecule has 0 fully saturated rings. The number of hydrogen-bond acceptors (Lipinski definition) is 4. The summed E-state index contributed by atoms with van der Waals surface area (Å²) in [4.78, 5) is 0.163. The Morgan fingerprint density at radius 2 is 1.94 bits per heavy atom. The van der Waals surface area contributed by atoms with Crippen molar-refractivity contribution in [2.24, 2.45) is 7.05 Å². The summed E-state index contributed by atoms with van der Waals surface area (Å²) in [5.74, 6) is 0. The fourth-order valence-electron chi connectivity index (χ4n) is 1.33. The van der Waals surface area contributed by atoms with Crippen LogP contribution in [0.2, 0.25) is 0 Å². The van der Waals surface area contributed by atoms with Crippen molar-refractivity contribution in [1.82, 2.24) is 9.78 Å². The molecule has 0 atom stereocenters. The minimum absolute atomic E-state index is 0.163. The summed E-state index contributed by atoms with van der Waals surface area (Å²) in [6.45, 7) is 0. The average Bonchev–Trinajstić information content (AvgIpc) is 2.63. The number of benzene rings is 1. The van der Waals surface area contributed by atoms with Crippen LogP contribution in [0, 0.1) is 0 Å². The van der Waals surface area contributed by atoms with Crippen molar-refractivity contribution in [3.8, 4) is 0 Å². The number of nitrogens with two attached hydrogens (primary N) is 1. The van der Waals surface area contributed by atoms with Gasteiger partial charge in [-0.25, -0.2) is 8.42 Å². The third-order valence-electron chi connectivity index (χ3n) is 2.15. The second kappa shape index (κ2) is 4.10. The highest BCUT2D eigenvalue weighted by atomic mass is 32.2. The Morgan fingerprint density at radius 3 is 2.47 bits per heavy atom. The van der Waals surface area contributed by atoms with Gasteiger partial charge in [0.2, 0.25) is 0 Å². The van der Waals surface area contributed by atoms with Crippen LogP contribution >= 0.6 is 0 Å². The molecule has 6 nitrogen and oxygen atoms in total. The standard InChI is InChI=1S/C10H12N4O2S/c1-14-7-9(6-12-14)13-17(15,16)10-4-2-8(11)3-5-10/h2-7,13H,11H2,1H3. The van der Waals surface area contributed by atoms with E-state index in [0.717, 1.165) is 0 Å². The first-order valence-corrected chi connectivity index (χ1v) is 6.33. The molecule has 2 rings (SSSR count). The van der Waals surface area contributed by atoms with Gasteiger partial charge in [0.05, 0.1) is 16.8 Å². The predicted molar refractivity (Wildman–Crippen MR) is 64.9 cm³/mol. The van der Waals surface area contributed by atoms with Gasteiger partial charge in [-0.05, 0) is 24.3 Å². The molecule has 0 aliphatic heterocycles. The maximum absolute atomic E-state index is 11.9. The van der Waals surface area contributed by atoms with Gasteiger partial charge in [0, 0.05) is 18.9 Å². The van der Waals surface area contributed by atoms with E-state index in [0.29, 0.717) is 11.4 Å². The molecule has 17 heavy (non-hydrogen) atoms. The fraction of sp³-hybridized carbons (Fsp3) is 0.100. The van der Waals surface area contributed by atoms with Crippen molar-refractivity contribution < 1.29 is 8.42 Å². The molecule has 0 amide bonds. The third-order valence-corrected chi connectivity index (χ3v) is 3.54. The van der Waals surface area contributed by atoms with Crippen LogP contribution in [0.4, 0.5) is 11.4 Å². The molecule has 0 radical (unpaired) electrons. The van der Waals surface area contributed by atoms with Gasteiger partial charge >= 0.3 is 0 Å². The summed E-state index contributed by atoms with van der Waals surface area (Å²) >= 11 is 0. The summed E-state index contributed by atoms with van der Waals surface area (Å²) in [5, 5.41) is 3.88. The lowest BCUT2D eigenvalue weighted by Gasteiger charge is -2.05. The van der Waals surface area contributed by atoms with E-state index >= 15 is 0 Å². The Hall–Kier alpha value is -2.02. The average molecular weight is 252 g/mol. The number of sulfonamides is 1. The zero-order valence-corrected chi connectivity index (χ0v) is 9.98. The van der Waals surface area contributed by atoms with Crippen molar-refractivity contribution in [2.75, 3.05) is 10.5 Å². The maximum Gasteiger partial charge on any atom is 0.261 e. The molecule has 7 heteroatoms. The predicted octanol–water partition coefficient (Wildman–Crippen LogP) is 0.803. The second-order valence-corrected chi connectivity index (χ2v) is 5.26. The molecule has 0 saturated heterocycles. The van der Waals surface area contributed by atoms with Crippen LogP contribution < -0.4 is 10.5 Å². The van der Waals surface area contributed by atoms with Gasteiger partial charge < -0.3 is 5.73 Å². The second-order valence-electron chi connectivity index (χ2n) is 3.58. The van der Waals surface area contributed by atoms with Crippen molar-refractivity contribution in [1.29, 1.82) is 0 Å². The highest BCUT2D eigenvalue weighted by Crippen LogP contribution is 2.16. The van der Waals surface area contributed by atoms with Gasteiger partial charge in [-0.2, -0.15) is 5.10 Å². The third kappa shape index (κ3) is 2.56. The van der Waals surface area contributed by atoms with Crippen LogP contribution in [0.5, 0.6) is 0 Å². The molecule has 3 N–H and O–H groups in total. The van der Waals surface area contributed by atoms with E-state index in [1.807, 2.05) is 0 Å². The van der Waals surface area contributed by atoms with Gasteiger partial charge in [-0.3, -0.25) is 9.40 Å². The lowest BCUT2D eigenvalue weighted by atomic mass is 10.3. The molecule has 1 heterocycles. The molecule has 0 bridgehead atoms. The Morgan fingerprint density at radius 1 is 1.29 bits per heavy atom. The molecule has 1 aromatic carbocycles. The Bertz CT molecular complexity index is 616. The molecule has 0 saturated carbocycles. The topological polar surface area (TPSA) is 90.0 Å². The Kier molecular flexibility index (Phi) is 2.76. The normalized spacial score (nSPS) is 11.4. The van der Waals surface area contributed by atoms with Crippen molar-refractivity contribution in [3.05, 3.63) is 36.7 Å². The molecule has 0 aliphatic rings. The van der Waals surface area contributed by atoms with Gasteiger partial charge in [0.25, 0.3) is 10.0 Å². The molecule has 0 spiro atoms. The van der Waals surface area contributed by atoms with Crippen LogP contribution in [0.3, 0.4) is 0 Å². The lowest BCUT2D eigenvalue weighted by molar-refractivity contribution is 0.601. The van der Waals surface area contributed by atoms with Crippen LogP contribution in [-0.4, -0.2) is 18.2 Å². The molecular weight excluding hydrogens is 240 g/mol. The minimum Gasteiger partial charge on any atom is -0.399 e. The molecule has 1 aromatic heterocycles. The smallest absolute Gasteiger partial charge is 0.261 e. The van der Waals surface area contributed by atoms with Crippen molar-refractivity contribution >= 4 is 21.4 Å².